The van der Waals surface area contributed by atoms with Crippen LogP contribution >= 0.6 is 0 Å². The molecule has 2 saturated carbocycles. The standard InChI is InChI=1S/C44H52N2O18/c1-20(2)37(51)61-31-29-33(58-24(6)48)44-42(10,55)34(63-38(52)22(4)21(3)30-28(14-12-16-46-30)40(54)57-18-41(29,9)64-44)32(62-39(53)27-13-11-15-45-17-27)36(60-26(8)50)43(44,19-56-23(5)47)35(31)59-25(7)49/h11-17,20-22,29,31-36,55H,18-19H2,1-10H3. The van der Waals surface area contributed by atoms with E-state index in [1.165, 1.54) is 64.4 Å². The Balaban J connectivity index is 1.81. The average Bonchev–Trinajstić information content (AvgIpc) is 3.44. The molecule has 2 aromatic heterocycles. The molecule has 20 nitrogen and oxygen atoms in total. The summed E-state index contributed by atoms with van der Waals surface area (Å²) in [6.07, 6.45) is -8.47. The molecule has 13 unspecified atom stereocenters. The highest BCUT2D eigenvalue weighted by Gasteiger charge is 2.92. The zero-order chi connectivity index (χ0) is 47.3. The Kier molecular flexibility index (Phi) is 13.0. The number of carbonyl (C=O) groups is 8. The van der Waals surface area contributed by atoms with Gasteiger partial charge in [-0.2, -0.15) is 0 Å². The van der Waals surface area contributed by atoms with Gasteiger partial charge in [0.1, 0.15) is 42.0 Å². The van der Waals surface area contributed by atoms with E-state index in [9.17, 15) is 43.5 Å². The summed E-state index contributed by atoms with van der Waals surface area (Å²) < 4.78 is 55.9. The normalized spacial score (nSPS) is 35.3. The minimum absolute atomic E-state index is 0.0545. The number of aromatic nitrogens is 2. The molecule has 0 aromatic carbocycles. The van der Waals surface area contributed by atoms with Gasteiger partial charge >= 0.3 is 47.8 Å². The van der Waals surface area contributed by atoms with Crippen molar-refractivity contribution in [2.24, 2.45) is 23.2 Å². The van der Waals surface area contributed by atoms with Crippen molar-refractivity contribution in [2.45, 2.75) is 129 Å². The molecule has 1 saturated heterocycles. The smallest absolute Gasteiger partial charge is 0.340 e. The van der Waals surface area contributed by atoms with Gasteiger partial charge in [0.05, 0.1) is 34.6 Å². The number of carbonyl (C=O) groups excluding carboxylic acids is 8. The van der Waals surface area contributed by atoms with Crippen LogP contribution in [0.4, 0.5) is 0 Å². The van der Waals surface area contributed by atoms with Crippen molar-refractivity contribution in [1.82, 2.24) is 9.97 Å². The lowest BCUT2D eigenvalue weighted by molar-refractivity contribution is -0.386. The van der Waals surface area contributed by atoms with Crippen molar-refractivity contribution in [3.8, 4) is 0 Å². The van der Waals surface area contributed by atoms with Crippen LogP contribution in [0, 0.1) is 23.2 Å². The fraction of sp³-hybridized carbons (Fsp3) is 0.591. The van der Waals surface area contributed by atoms with Crippen LogP contribution in [0.25, 0.3) is 0 Å². The number of pyridine rings is 2. The third-order valence-electron chi connectivity index (χ3n) is 12.7. The Labute approximate surface area is 367 Å². The van der Waals surface area contributed by atoms with Gasteiger partial charge < -0.3 is 47.7 Å². The van der Waals surface area contributed by atoms with E-state index >= 15 is 0 Å². The molecule has 4 bridgehead atoms. The number of aliphatic hydroxyl groups is 1. The molecule has 2 aromatic rings. The Hall–Kier alpha value is -6.02. The first-order valence-electron chi connectivity index (χ1n) is 20.7. The number of nitrogens with zero attached hydrogens (tertiary/aromatic N) is 2. The van der Waals surface area contributed by atoms with E-state index in [4.69, 9.17) is 42.6 Å². The molecule has 0 amide bonds. The molecule has 2 aliphatic carbocycles. The molecule has 4 heterocycles. The van der Waals surface area contributed by atoms with Crippen LogP contribution in [-0.4, -0.2) is 129 Å². The van der Waals surface area contributed by atoms with Gasteiger partial charge in [-0.05, 0) is 38.1 Å². The van der Waals surface area contributed by atoms with Crippen molar-refractivity contribution in [1.29, 1.82) is 0 Å². The quantitative estimate of drug-likeness (QED) is 0.280. The SMILES string of the molecule is CC(=O)OCC12C(OC(C)=O)C(OC(=O)C(C)C)C3C(OC(C)=O)C14OC3(C)COC(=O)c1cccnc1C(C)C(C)C(=O)OC(C(OC(=O)c1cccnc1)C2OC(C)=O)C4(C)O. The van der Waals surface area contributed by atoms with Gasteiger partial charge in [0, 0.05) is 52.2 Å². The number of rotatable bonds is 9. The molecule has 0 radical (unpaired) electrons. The first kappa shape index (κ1) is 47.5. The summed E-state index contributed by atoms with van der Waals surface area (Å²) in [4.78, 5) is 119. The highest BCUT2D eigenvalue weighted by atomic mass is 16.7. The predicted molar refractivity (Wildman–Crippen MR) is 212 cm³/mol. The van der Waals surface area contributed by atoms with Crippen LogP contribution in [0.15, 0.2) is 42.9 Å². The molecular formula is C44H52N2O18. The van der Waals surface area contributed by atoms with Crippen molar-refractivity contribution in [2.75, 3.05) is 13.2 Å². The average molecular weight is 897 g/mol. The molecule has 2 aliphatic heterocycles. The van der Waals surface area contributed by atoms with Crippen molar-refractivity contribution < 1.29 is 86.1 Å². The van der Waals surface area contributed by atoms with E-state index in [0.717, 1.165) is 40.8 Å². The first-order valence-corrected chi connectivity index (χ1v) is 20.7. The molecule has 6 rings (SSSR count). The van der Waals surface area contributed by atoms with Crippen LogP contribution in [0.1, 0.15) is 102 Å². The molecule has 4 aliphatic rings. The summed E-state index contributed by atoms with van der Waals surface area (Å²) in [5, 5.41) is 13.7. The van der Waals surface area contributed by atoms with Gasteiger partial charge in [-0.15, -0.1) is 0 Å². The maximum Gasteiger partial charge on any atom is 0.340 e. The van der Waals surface area contributed by atoms with Crippen LogP contribution in [0.5, 0.6) is 0 Å². The molecule has 13 atom stereocenters. The number of hydrogen-bond acceptors (Lipinski definition) is 20. The highest BCUT2D eigenvalue weighted by Crippen LogP contribution is 2.70. The van der Waals surface area contributed by atoms with Crippen molar-refractivity contribution in [3.05, 3.63) is 59.7 Å². The number of esters is 8. The minimum Gasteiger partial charge on any atom is -0.465 e. The van der Waals surface area contributed by atoms with Gasteiger partial charge in [0.2, 0.25) is 0 Å². The maximum atomic E-state index is 14.7. The molecule has 1 N–H and O–H groups in total. The summed E-state index contributed by atoms with van der Waals surface area (Å²) in [5.74, 6) is -12.8. The van der Waals surface area contributed by atoms with E-state index in [1.54, 1.807) is 6.92 Å². The summed E-state index contributed by atoms with van der Waals surface area (Å²) in [5.41, 5.74) is -10.6. The second kappa shape index (κ2) is 17.5. The maximum absolute atomic E-state index is 14.7. The molecule has 64 heavy (non-hydrogen) atoms. The highest BCUT2D eigenvalue weighted by molar-refractivity contribution is 5.91. The topological polar surface area (TPSA) is 266 Å². The Morgan fingerprint density at radius 2 is 1.42 bits per heavy atom. The van der Waals surface area contributed by atoms with Gasteiger partial charge in [0.25, 0.3) is 0 Å². The van der Waals surface area contributed by atoms with Gasteiger partial charge in [-0.25, -0.2) is 9.59 Å². The summed E-state index contributed by atoms with van der Waals surface area (Å²) in [6.45, 7) is 10.6. The minimum atomic E-state index is -2.89. The zero-order valence-corrected chi connectivity index (χ0v) is 37.0. The van der Waals surface area contributed by atoms with Crippen molar-refractivity contribution >= 4 is 47.8 Å². The monoisotopic (exact) mass is 896 g/mol. The van der Waals surface area contributed by atoms with Crippen LogP contribution < -0.4 is 0 Å². The molecular weight excluding hydrogens is 844 g/mol. The fourth-order valence-electron chi connectivity index (χ4n) is 9.81. The number of hydrogen-bond donors (Lipinski definition) is 1. The van der Waals surface area contributed by atoms with Gasteiger partial charge in [0.15, 0.2) is 30.0 Å². The van der Waals surface area contributed by atoms with Gasteiger partial charge in [-0.3, -0.25) is 38.7 Å². The lowest BCUT2D eigenvalue weighted by Gasteiger charge is -2.67. The molecule has 20 heteroatoms. The van der Waals surface area contributed by atoms with E-state index in [-0.39, 0.29) is 16.8 Å². The Morgan fingerprint density at radius 1 is 0.812 bits per heavy atom. The zero-order valence-electron chi connectivity index (χ0n) is 37.0. The van der Waals surface area contributed by atoms with Crippen LogP contribution in [-0.2, 0) is 71.4 Å². The lowest BCUT2D eigenvalue weighted by atomic mass is 9.45. The van der Waals surface area contributed by atoms with Gasteiger partial charge in [-0.1, -0.05) is 27.7 Å². The first-order chi connectivity index (χ1) is 29.9. The number of ether oxygens (including phenoxy) is 9. The van der Waals surface area contributed by atoms with Crippen LogP contribution in [0.3, 0.4) is 0 Å². The van der Waals surface area contributed by atoms with E-state index in [1.807, 2.05) is 0 Å². The molecule has 3 fully saturated rings. The largest absolute Gasteiger partial charge is 0.465 e. The molecule has 1 spiro atoms. The Bertz CT molecular complexity index is 2210. The van der Waals surface area contributed by atoms with E-state index < -0.39 is 143 Å². The number of cyclic esters (lactones) is 1. The number of fused-ring (bicyclic) bond motifs is 5. The van der Waals surface area contributed by atoms with Crippen LogP contribution in [0.2, 0.25) is 0 Å². The summed E-state index contributed by atoms with van der Waals surface area (Å²) >= 11 is 0. The Morgan fingerprint density at radius 3 is 2.00 bits per heavy atom. The van der Waals surface area contributed by atoms with Crippen molar-refractivity contribution in [3.63, 3.8) is 0 Å². The molecule has 346 valence electrons. The second-order valence-electron chi connectivity index (χ2n) is 17.3. The van der Waals surface area contributed by atoms with E-state index in [0.29, 0.717) is 0 Å². The van der Waals surface area contributed by atoms with E-state index in [2.05, 4.69) is 9.97 Å². The third-order valence-corrected chi connectivity index (χ3v) is 12.7. The second-order valence-corrected chi connectivity index (χ2v) is 17.3. The third kappa shape index (κ3) is 7.83. The lowest BCUT2D eigenvalue weighted by Crippen LogP contribution is -2.89. The summed E-state index contributed by atoms with van der Waals surface area (Å²) in [7, 11) is 0. The predicted octanol–water partition coefficient (Wildman–Crippen LogP) is 2.36. The fourth-order valence-corrected chi connectivity index (χ4v) is 9.81. The summed E-state index contributed by atoms with van der Waals surface area (Å²) in [6, 6.07) is 5.65.